The van der Waals surface area contributed by atoms with Crippen molar-refractivity contribution in [2.75, 3.05) is 13.7 Å². The van der Waals surface area contributed by atoms with Gasteiger partial charge in [-0.15, -0.1) is 0 Å². The van der Waals surface area contributed by atoms with Gasteiger partial charge in [0.25, 0.3) is 5.91 Å². The first-order valence-corrected chi connectivity index (χ1v) is 8.56. The van der Waals surface area contributed by atoms with Gasteiger partial charge < -0.3 is 15.0 Å². The number of aryl methyl sites for hydroxylation is 1. The van der Waals surface area contributed by atoms with E-state index in [0.29, 0.717) is 12.1 Å². The van der Waals surface area contributed by atoms with E-state index in [1.165, 1.54) is 5.56 Å². The van der Waals surface area contributed by atoms with Gasteiger partial charge in [0.05, 0.1) is 7.11 Å². The summed E-state index contributed by atoms with van der Waals surface area (Å²) in [7, 11) is 1.67. The van der Waals surface area contributed by atoms with E-state index in [2.05, 4.69) is 33.2 Å². The van der Waals surface area contributed by atoms with E-state index < -0.39 is 0 Å². The minimum Gasteiger partial charge on any atom is -0.497 e. The van der Waals surface area contributed by atoms with Crippen molar-refractivity contribution in [1.29, 1.82) is 0 Å². The van der Waals surface area contributed by atoms with Crippen LogP contribution < -0.4 is 10.1 Å². The molecule has 5 heteroatoms. The predicted molar refractivity (Wildman–Crippen MR) is 99.8 cm³/mol. The molecule has 2 aromatic carbocycles. The quantitative estimate of drug-likeness (QED) is 0.689. The molecule has 0 spiro atoms. The van der Waals surface area contributed by atoms with Gasteiger partial charge in [-0.25, -0.2) is 0 Å². The number of amides is 1. The lowest BCUT2D eigenvalue weighted by molar-refractivity contribution is 0.0954. The number of hydrogen-bond acceptors (Lipinski definition) is 2. The highest BCUT2D eigenvalue weighted by Gasteiger charge is 2.11. The molecule has 124 valence electrons. The Kier molecular flexibility index (Phi) is 4.90. The molecule has 0 aliphatic rings. The zero-order chi connectivity index (χ0) is 17.1. The second-order valence-electron chi connectivity index (χ2n) is 5.66. The number of methoxy groups -OCH3 is 1. The second-order valence-corrected chi connectivity index (χ2v) is 6.57. The van der Waals surface area contributed by atoms with Crippen LogP contribution in [0.2, 0.25) is 0 Å². The number of aromatic nitrogens is 1. The molecule has 1 amide bonds. The van der Waals surface area contributed by atoms with Crippen LogP contribution in [0.1, 0.15) is 21.6 Å². The van der Waals surface area contributed by atoms with Crippen molar-refractivity contribution >= 4 is 32.7 Å². The van der Waals surface area contributed by atoms with Crippen LogP contribution >= 0.6 is 15.9 Å². The molecular formula is C19H19BrN2O2. The largest absolute Gasteiger partial charge is 0.497 e. The van der Waals surface area contributed by atoms with Crippen LogP contribution in [0, 0.1) is 6.92 Å². The highest BCUT2D eigenvalue weighted by molar-refractivity contribution is 9.10. The monoisotopic (exact) mass is 386 g/mol. The molecule has 1 aromatic heterocycles. The number of ether oxygens (including phenoxy) is 1. The normalized spacial score (nSPS) is 10.8. The average Bonchev–Trinajstić information content (AvgIpc) is 2.89. The standard InChI is InChI=1S/C19H19BrN2O2/c1-12-16(17-11-15(24-2)6-7-18(17)22-12)8-9-21-19(23)13-4-3-5-14(20)10-13/h3-7,10-11,22H,8-9H2,1-2H3,(H,21,23). The molecule has 0 fully saturated rings. The highest BCUT2D eigenvalue weighted by atomic mass is 79.9. The van der Waals surface area contributed by atoms with Crippen LogP contribution in [-0.2, 0) is 6.42 Å². The maximum atomic E-state index is 12.2. The number of H-pyrrole nitrogens is 1. The van der Waals surface area contributed by atoms with Crippen molar-refractivity contribution in [2.45, 2.75) is 13.3 Å². The molecule has 3 rings (SSSR count). The maximum Gasteiger partial charge on any atom is 0.251 e. The number of aromatic amines is 1. The van der Waals surface area contributed by atoms with E-state index in [0.717, 1.165) is 33.2 Å². The summed E-state index contributed by atoms with van der Waals surface area (Å²) in [5, 5.41) is 4.12. The van der Waals surface area contributed by atoms with Crippen LogP contribution in [0.5, 0.6) is 5.75 Å². The first-order chi connectivity index (χ1) is 11.6. The summed E-state index contributed by atoms with van der Waals surface area (Å²) in [5.41, 5.74) is 4.07. The Morgan fingerprint density at radius 3 is 2.83 bits per heavy atom. The topological polar surface area (TPSA) is 54.1 Å². The SMILES string of the molecule is COc1ccc2[nH]c(C)c(CCNC(=O)c3cccc(Br)c3)c2c1. The number of hydrogen-bond donors (Lipinski definition) is 2. The molecule has 0 radical (unpaired) electrons. The summed E-state index contributed by atoms with van der Waals surface area (Å²) in [4.78, 5) is 15.6. The molecule has 0 aliphatic heterocycles. The zero-order valence-electron chi connectivity index (χ0n) is 13.7. The average molecular weight is 387 g/mol. The minimum absolute atomic E-state index is 0.0635. The molecule has 0 aliphatic carbocycles. The zero-order valence-corrected chi connectivity index (χ0v) is 15.2. The lowest BCUT2D eigenvalue weighted by Crippen LogP contribution is -2.25. The molecule has 0 atom stereocenters. The first kappa shape index (κ1) is 16.6. The Hall–Kier alpha value is -2.27. The summed E-state index contributed by atoms with van der Waals surface area (Å²) in [6, 6.07) is 13.4. The van der Waals surface area contributed by atoms with Crippen molar-refractivity contribution < 1.29 is 9.53 Å². The van der Waals surface area contributed by atoms with Crippen molar-refractivity contribution in [1.82, 2.24) is 10.3 Å². The number of carbonyl (C=O) groups excluding carboxylic acids is 1. The van der Waals surface area contributed by atoms with Crippen LogP contribution in [0.15, 0.2) is 46.9 Å². The minimum atomic E-state index is -0.0635. The molecule has 3 aromatic rings. The molecule has 0 unspecified atom stereocenters. The lowest BCUT2D eigenvalue weighted by atomic mass is 10.1. The van der Waals surface area contributed by atoms with E-state index in [9.17, 15) is 4.79 Å². The van der Waals surface area contributed by atoms with Crippen LogP contribution in [0.4, 0.5) is 0 Å². The molecular weight excluding hydrogens is 368 g/mol. The molecule has 0 saturated carbocycles. The van der Waals surface area contributed by atoms with Crippen molar-refractivity contribution in [3.05, 3.63) is 63.8 Å². The van der Waals surface area contributed by atoms with Crippen LogP contribution in [-0.4, -0.2) is 24.5 Å². The smallest absolute Gasteiger partial charge is 0.251 e. The Balaban J connectivity index is 1.71. The number of benzene rings is 2. The first-order valence-electron chi connectivity index (χ1n) is 7.77. The van der Waals surface area contributed by atoms with Crippen molar-refractivity contribution in [3.63, 3.8) is 0 Å². The van der Waals surface area contributed by atoms with Gasteiger partial charge in [0.1, 0.15) is 5.75 Å². The molecule has 0 saturated heterocycles. The fraction of sp³-hybridized carbons (Fsp3) is 0.211. The maximum absolute atomic E-state index is 12.2. The third kappa shape index (κ3) is 3.46. The molecule has 0 bridgehead atoms. The number of halogens is 1. The van der Waals surface area contributed by atoms with Gasteiger partial charge in [-0.2, -0.15) is 0 Å². The summed E-state index contributed by atoms with van der Waals surface area (Å²) < 4.78 is 6.21. The molecule has 4 nitrogen and oxygen atoms in total. The van der Waals surface area contributed by atoms with Gasteiger partial charge in [0.2, 0.25) is 0 Å². The van der Waals surface area contributed by atoms with E-state index in [1.807, 2.05) is 42.5 Å². The number of nitrogens with one attached hydrogen (secondary N) is 2. The Bertz CT molecular complexity index is 886. The van der Waals surface area contributed by atoms with E-state index in [-0.39, 0.29) is 5.91 Å². The summed E-state index contributed by atoms with van der Waals surface area (Å²) >= 11 is 3.38. The van der Waals surface area contributed by atoms with Crippen LogP contribution in [0.25, 0.3) is 10.9 Å². The summed E-state index contributed by atoms with van der Waals surface area (Å²) in [5.74, 6) is 0.771. The Morgan fingerprint density at radius 1 is 1.25 bits per heavy atom. The Labute approximate surface area is 149 Å². The number of carbonyl (C=O) groups is 1. The van der Waals surface area contributed by atoms with Gasteiger partial charge in [-0.3, -0.25) is 4.79 Å². The molecule has 24 heavy (non-hydrogen) atoms. The third-order valence-electron chi connectivity index (χ3n) is 4.07. The molecule has 1 heterocycles. The highest BCUT2D eigenvalue weighted by Crippen LogP contribution is 2.26. The third-order valence-corrected chi connectivity index (χ3v) is 4.57. The summed E-state index contributed by atoms with van der Waals surface area (Å²) in [6.45, 7) is 2.63. The van der Waals surface area contributed by atoms with Gasteiger partial charge >= 0.3 is 0 Å². The Morgan fingerprint density at radius 2 is 2.08 bits per heavy atom. The number of rotatable bonds is 5. The van der Waals surface area contributed by atoms with Gasteiger partial charge in [0, 0.05) is 33.2 Å². The fourth-order valence-corrected chi connectivity index (χ4v) is 3.24. The predicted octanol–water partition coefficient (Wildman–Crippen LogP) is 4.22. The van der Waals surface area contributed by atoms with E-state index in [1.54, 1.807) is 7.11 Å². The second kappa shape index (κ2) is 7.09. The molecule has 2 N–H and O–H groups in total. The van der Waals surface area contributed by atoms with Crippen molar-refractivity contribution in [2.24, 2.45) is 0 Å². The number of fused-ring (bicyclic) bond motifs is 1. The van der Waals surface area contributed by atoms with E-state index in [4.69, 9.17) is 4.74 Å². The van der Waals surface area contributed by atoms with Gasteiger partial charge in [-0.1, -0.05) is 22.0 Å². The van der Waals surface area contributed by atoms with Crippen molar-refractivity contribution in [3.8, 4) is 5.75 Å². The lowest BCUT2D eigenvalue weighted by Gasteiger charge is -2.07. The fourth-order valence-electron chi connectivity index (χ4n) is 2.84. The van der Waals surface area contributed by atoms with E-state index >= 15 is 0 Å². The van der Waals surface area contributed by atoms with Crippen LogP contribution in [0.3, 0.4) is 0 Å². The summed E-state index contributed by atoms with van der Waals surface area (Å²) in [6.07, 6.45) is 0.763. The van der Waals surface area contributed by atoms with Gasteiger partial charge in [0.15, 0.2) is 0 Å². The van der Waals surface area contributed by atoms with Gasteiger partial charge in [-0.05, 0) is 55.3 Å².